The van der Waals surface area contributed by atoms with E-state index in [0.29, 0.717) is 12.0 Å². The molecule has 1 aliphatic rings. The van der Waals surface area contributed by atoms with Gasteiger partial charge in [-0.25, -0.2) is 4.98 Å². The summed E-state index contributed by atoms with van der Waals surface area (Å²) in [5.74, 6) is 1.72. The number of nitrogens with one attached hydrogen (secondary N) is 1. The lowest BCUT2D eigenvalue weighted by Crippen LogP contribution is -2.39. The molecule has 5 heteroatoms. The molecular weight excluding hydrogens is 364 g/mol. The summed E-state index contributed by atoms with van der Waals surface area (Å²) in [6, 6.07) is 8.89. The molecule has 1 unspecified atom stereocenters. The van der Waals surface area contributed by atoms with Gasteiger partial charge in [0.15, 0.2) is 0 Å². The Morgan fingerprint density at radius 1 is 1.21 bits per heavy atom. The topological polar surface area (TPSA) is 41.1 Å². The van der Waals surface area contributed by atoms with Gasteiger partial charge in [-0.05, 0) is 63.3 Å². The van der Waals surface area contributed by atoms with Crippen molar-refractivity contribution in [3.63, 3.8) is 0 Å². The fourth-order valence-corrected chi connectivity index (χ4v) is 3.58. The van der Waals surface area contributed by atoms with E-state index < -0.39 is 0 Å². The van der Waals surface area contributed by atoms with Crippen LogP contribution in [0.2, 0.25) is 0 Å². The van der Waals surface area contributed by atoms with Gasteiger partial charge in [-0.3, -0.25) is 0 Å². The molecule has 1 fully saturated rings. The lowest BCUT2D eigenvalue weighted by molar-refractivity contribution is 0.446. The van der Waals surface area contributed by atoms with Gasteiger partial charge in [-0.2, -0.15) is 4.98 Å². The van der Waals surface area contributed by atoms with Crippen LogP contribution in [0.4, 0.5) is 17.5 Å². The van der Waals surface area contributed by atoms with Crippen molar-refractivity contribution in [1.82, 2.24) is 9.97 Å². The number of halogens is 1. The monoisotopic (exact) mass is 388 g/mol. The van der Waals surface area contributed by atoms with Gasteiger partial charge < -0.3 is 10.2 Å². The lowest BCUT2D eigenvalue weighted by Gasteiger charge is -2.36. The Labute approximate surface area is 152 Å². The number of rotatable bonds is 4. The number of anilines is 3. The lowest BCUT2D eigenvalue weighted by atomic mass is 10.00. The molecule has 1 N–H and O–H groups in total. The normalized spacial score (nSPS) is 17.8. The number of hydrogen-bond donors (Lipinski definition) is 1. The fraction of sp³-hybridized carbons (Fsp3) is 0.474. The molecule has 1 aromatic carbocycles. The molecule has 1 saturated heterocycles. The molecule has 2 aromatic rings. The summed E-state index contributed by atoms with van der Waals surface area (Å²) in [7, 11) is 0. The van der Waals surface area contributed by atoms with E-state index in [1.807, 2.05) is 19.1 Å². The SMILES string of the molecule is CCC1CCCCN1c1cc(C)nc(Nc2ccc(Br)c(C)c2)n1. The summed E-state index contributed by atoms with van der Waals surface area (Å²) in [6.45, 7) is 7.47. The van der Waals surface area contributed by atoms with E-state index in [-0.39, 0.29) is 0 Å². The Balaban J connectivity index is 1.86. The van der Waals surface area contributed by atoms with Crippen LogP contribution in [0.3, 0.4) is 0 Å². The number of hydrogen-bond acceptors (Lipinski definition) is 4. The molecule has 0 spiro atoms. The van der Waals surface area contributed by atoms with Crippen molar-refractivity contribution in [2.75, 3.05) is 16.8 Å². The zero-order valence-corrected chi connectivity index (χ0v) is 16.2. The first-order chi connectivity index (χ1) is 11.6. The zero-order valence-electron chi connectivity index (χ0n) is 14.6. The van der Waals surface area contributed by atoms with E-state index in [4.69, 9.17) is 4.98 Å². The van der Waals surface area contributed by atoms with Crippen LogP contribution in [0.15, 0.2) is 28.7 Å². The van der Waals surface area contributed by atoms with Crippen molar-refractivity contribution < 1.29 is 0 Å². The van der Waals surface area contributed by atoms with Crippen molar-refractivity contribution in [3.8, 4) is 0 Å². The van der Waals surface area contributed by atoms with Crippen LogP contribution in [0.25, 0.3) is 0 Å². The molecule has 128 valence electrons. The first-order valence-electron chi connectivity index (χ1n) is 8.72. The molecule has 1 aromatic heterocycles. The molecule has 0 saturated carbocycles. The highest BCUT2D eigenvalue weighted by Gasteiger charge is 2.22. The van der Waals surface area contributed by atoms with E-state index >= 15 is 0 Å². The van der Waals surface area contributed by atoms with E-state index in [2.05, 4.69) is 57.1 Å². The van der Waals surface area contributed by atoms with Crippen LogP contribution in [-0.4, -0.2) is 22.6 Å². The summed E-state index contributed by atoms with van der Waals surface area (Å²) in [5.41, 5.74) is 3.20. The number of aryl methyl sites for hydroxylation is 2. The summed E-state index contributed by atoms with van der Waals surface area (Å²) in [5, 5.41) is 3.36. The zero-order chi connectivity index (χ0) is 17.1. The van der Waals surface area contributed by atoms with E-state index in [9.17, 15) is 0 Å². The van der Waals surface area contributed by atoms with Crippen LogP contribution in [0.5, 0.6) is 0 Å². The third-order valence-corrected chi connectivity index (χ3v) is 5.54. The minimum absolute atomic E-state index is 0.593. The minimum Gasteiger partial charge on any atom is -0.353 e. The average molecular weight is 389 g/mol. The maximum atomic E-state index is 4.79. The molecular formula is C19H25BrN4. The van der Waals surface area contributed by atoms with E-state index in [1.165, 1.54) is 24.8 Å². The molecule has 1 atom stereocenters. The van der Waals surface area contributed by atoms with Crippen LogP contribution in [0, 0.1) is 13.8 Å². The van der Waals surface area contributed by atoms with Crippen LogP contribution in [0.1, 0.15) is 43.9 Å². The first kappa shape index (κ1) is 17.2. The standard InChI is InChI=1S/C19H25BrN4/c1-4-16-7-5-6-10-24(16)18-12-14(3)21-19(23-18)22-15-8-9-17(20)13(2)11-15/h8-9,11-12,16H,4-7,10H2,1-3H3,(H,21,22,23). The van der Waals surface area contributed by atoms with Crippen molar-refractivity contribution in [2.24, 2.45) is 0 Å². The third kappa shape index (κ3) is 3.89. The van der Waals surface area contributed by atoms with Gasteiger partial charge in [0.2, 0.25) is 5.95 Å². The largest absolute Gasteiger partial charge is 0.353 e. The van der Waals surface area contributed by atoms with E-state index in [0.717, 1.165) is 34.6 Å². The first-order valence-corrected chi connectivity index (χ1v) is 9.51. The minimum atomic E-state index is 0.593. The Hall–Kier alpha value is -1.62. The maximum absolute atomic E-state index is 4.79. The molecule has 0 aliphatic carbocycles. The highest BCUT2D eigenvalue weighted by atomic mass is 79.9. The molecule has 24 heavy (non-hydrogen) atoms. The molecule has 0 bridgehead atoms. The molecule has 1 aliphatic heterocycles. The summed E-state index contributed by atoms with van der Waals surface area (Å²) >= 11 is 3.54. The molecule has 4 nitrogen and oxygen atoms in total. The average Bonchev–Trinajstić information content (AvgIpc) is 2.57. The van der Waals surface area contributed by atoms with Gasteiger partial charge in [-0.1, -0.05) is 22.9 Å². The Morgan fingerprint density at radius 3 is 2.79 bits per heavy atom. The van der Waals surface area contributed by atoms with Crippen LogP contribution in [-0.2, 0) is 0 Å². The Kier molecular flexibility index (Phi) is 5.39. The molecule has 2 heterocycles. The molecule has 0 radical (unpaired) electrons. The number of aromatic nitrogens is 2. The third-order valence-electron chi connectivity index (χ3n) is 4.65. The fourth-order valence-electron chi connectivity index (χ4n) is 3.33. The predicted octanol–water partition coefficient (Wildman–Crippen LogP) is 5.37. The van der Waals surface area contributed by atoms with Gasteiger partial charge in [-0.15, -0.1) is 0 Å². The smallest absolute Gasteiger partial charge is 0.229 e. The van der Waals surface area contributed by atoms with Crippen LogP contribution >= 0.6 is 15.9 Å². The summed E-state index contributed by atoms with van der Waals surface area (Å²) in [6.07, 6.45) is 4.99. The second-order valence-corrected chi connectivity index (χ2v) is 7.39. The van der Waals surface area contributed by atoms with Gasteiger partial charge in [0.1, 0.15) is 5.82 Å². The summed E-state index contributed by atoms with van der Waals surface area (Å²) < 4.78 is 1.11. The van der Waals surface area contributed by atoms with Gasteiger partial charge in [0.25, 0.3) is 0 Å². The summed E-state index contributed by atoms with van der Waals surface area (Å²) in [4.78, 5) is 11.8. The number of benzene rings is 1. The van der Waals surface area contributed by atoms with Gasteiger partial charge >= 0.3 is 0 Å². The van der Waals surface area contributed by atoms with Crippen molar-refractivity contribution in [3.05, 3.63) is 40.0 Å². The predicted molar refractivity (Wildman–Crippen MR) is 104 cm³/mol. The van der Waals surface area contributed by atoms with Crippen molar-refractivity contribution in [1.29, 1.82) is 0 Å². The second-order valence-electron chi connectivity index (χ2n) is 6.53. The quantitative estimate of drug-likeness (QED) is 0.764. The van der Waals surface area contributed by atoms with Gasteiger partial charge in [0, 0.05) is 34.5 Å². The number of nitrogens with zero attached hydrogens (tertiary/aromatic N) is 3. The van der Waals surface area contributed by atoms with Crippen molar-refractivity contribution >= 4 is 33.4 Å². The second kappa shape index (κ2) is 7.51. The highest BCUT2D eigenvalue weighted by molar-refractivity contribution is 9.10. The molecule has 0 amide bonds. The highest BCUT2D eigenvalue weighted by Crippen LogP contribution is 2.27. The maximum Gasteiger partial charge on any atom is 0.229 e. The Bertz CT molecular complexity index is 717. The van der Waals surface area contributed by atoms with Crippen molar-refractivity contribution in [2.45, 2.75) is 52.5 Å². The number of piperidine rings is 1. The van der Waals surface area contributed by atoms with Gasteiger partial charge in [0.05, 0.1) is 0 Å². The van der Waals surface area contributed by atoms with E-state index in [1.54, 1.807) is 0 Å². The molecule has 3 rings (SSSR count). The Morgan fingerprint density at radius 2 is 2.04 bits per heavy atom. The van der Waals surface area contributed by atoms with Crippen LogP contribution < -0.4 is 10.2 Å².